The fourth-order valence-electron chi connectivity index (χ4n) is 0.385. The average molecular weight is 123 g/mol. The van der Waals surface area contributed by atoms with Crippen LogP contribution in [0.5, 0.6) is 5.88 Å². The van der Waals surface area contributed by atoms with Gasteiger partial charge in [-0.25, -0.2) is 4.79 Å². The number of aromatic nitrogens is 2. The van der Waals surface area contributed by atoms with Crippen molar-refractivity contribution in [2.45, 2.75) is 0 Å². The fraction of sp³-hybridized carbons (Fsp3) is 0. The Bertz CT molecular complexity index is 187. The molecule has 9 heavy (non-hydrogen) atoms. The summed E-state index contributed by atoms with van der Waals surface area (Å²) in [7, 11) is 0. The van der Waals surface area contributed by atoms with Crippen LogP contribution < -0.4 is 4.74 Å². The van der Waals surface area contributed by atoms with Gasteiger partial charge >= 0.3 is 6.47 Å². The van der Waals surface area contributed by atoms with Crippen molar-refractivity contribution in [1.29, 1.82) is 0 Å². The Morgan fingerprint density at radius 1 is 1.67 bits per heavy atom. The molecular formula is C5H3N2O2. The van der Waals surface area contributed by atoms with Crippen molar-refractivity contribution in [3.8, 4) is 5.88 Å². The molecule has 1 rings (SSSR count). The topological polar surface area (TPSA) is 52.1 Å². The minimum atomic E-state index is 0.160. The Balaban J connectivity index is 2.72. The van der Waals surface area contributed by atoms with E-state index in [0.29, 0.717) is 0 Å². The highest BCUT2D eigenvalue weighted by Crippen LogP contribution is 1.97. The summed E-state index contributed by atoms with van der Waals surface area (Å²) in [6.45, 7) is 1.23. The van der Waals surface area contributed by atoms with Gasteiger partial charge in [-0.05, 0) is 6.07 Å². The van der Waals surface area contributed by atoms with Crippen LogP contribution in [-0.2, 0) is 4.79 Å². The number of ether oxygens (including phenoxy) is 1. The second-order valence-corrected chi connectivity index (χ2v) is 1.25. The van der Waals surface area contributed by atoms with E-state index < -0.39 is 0 Å². The molecule has 0 bridgehead atoms. The standard InChI is InChI=1S/C5H3N2O2/c8-4-9-5-2-1-3-6-7-5/h1-3H. The fourth-order valence-corrected chi connectivity index (χ4v) is 0.385. The smallest absolute Gasteiger partial charge is 0.397 e. The molecule has 4 heteroatoms. The largest absolute Gasteiger partial charge is 0.424 e. The summed E-state index contributed by atoms with van der Waals surface area (Å²) in [5.41, 5.74) is 0. The maximum atomic E-state index is 9.56. The van der Waals surface area contributed by atoms with Gasteiger partial charge in [0, 0.05) is 12.3 Å². The van der Waals surface area contributed by atoms with Gasteiger partial charge in [0.05, 0.1) is 0 Å². The minimum Gasteiger partial charge on any atom is -0.397 e. The maximum absolute atomic E-state index is 9.56. The molecule has 0 aliphatic heterocycles. The molecular weight excluding hydrogens is 120 g/mol. The van der Waals surface area contributed by atoms with Gasteiger partial charge in [-0.3, -0.25) is 0 Å². The summed E-state index contributed by atoms with van der Waals surface area (Å²) in [4.78, 5) is 9.56. The molecule has 4 nitrogen and oxygen atoms in total. The quantitative estimate of drug-likeness (QED) is 0.552. The molecule has 0 amide bonds. The van der Waals surface area contributed by atoms with Gasteiger partial charge in [0.15, 0.2) is 0 Å². The Hall–Kier alpha value is -1.45. The zero-order valence-electron chi connectivity index (χ0n) is 4.44. The van der Waals surface area contributed by atoms with Crippen molar-refractivity contribution in [3.63, 3.8) is 0 Å². The molecule has 1 heterocycles. The van der Waals surface area contributed by atoms with E-state index in [1.54, 1.807) is 6.07 Å². The van der Waals surface area contributed by atoms with E-state index in [9.17, 15) is 4.79 Å². The number of carbonyl (C=O) groups excluding carboxylic acids is 1. The van der Waals surface area contributed by atoms with Crippen LogP contribution in [0.3, 0.4) is 0 Å². The van der Waals surface area contributed by atoms with Crippen molar-refractivity contribution in [2.24, 2.45) is 0 Å². The van der Waals surface area contributed by atoms with Crippen LogP contribution in [0.1, 0.15) is 0 Å². The van der Waals surface area contributed by atoms with E-state index in [2.05, 4.69) is 14.9 Å². The Kier molecular flexibility index (Phi) is 1.74. The van der Waals surface area contributed by atoms with Gasteiger partial charge in [-0.15, -0.1) is 5.10 Å². The van der Waals surface area contributed by atoms with E-state index in [1.807, 2.05) is 0 Å². The maximum Gasteiger partial charge on any atom is 0.424 e. The van der Waals surface area contributed by atoms with E-state index in [-0.39, 0.29) is 5.88 Å². The Morgan fingerprint density at radius 2 is 2.56 bits per heavy atom. The predicted octanol–water partition coefficient (Wildman–Crippen LogP) is -0.0774. The van der Waals surface area contributed by atoms with Crippen LogP contribution in [0.2, 0.25) is 0 Å². The van der Waals surface area contributed by atoms with Gasteiger partial charge in [0.2, 0.25) is 5.88 Å². The highest BCUT2D eigenvalue weighted by Gasteiger charge is 1.89. The van der Waals surface area contributed by atoms with Crippen LogP contribution >= 0.6 is 0 Å². The van der Waals surface area contributed by atoms with E-state index >= 15 is 0 Å². The van der Waals surface area contributed by atoms with Crippen LogP contribution in [0.15, 0.2) is 18.3 Å². The molecule has 0 atom stereocenters. The lowest BCUT2D eigenvalue weighted by molar-refractivity contribution is 0.429. The lowest BCUT2D eigenvalue weighted by atomic mass is 10.6. The van der Waals surface area contributed by atoms with Crippen LogP contribution in [-0.4, -0.2) is 16.7 Å². The third-order valence-corrected chi connectivity index (χ3v) is 0.694. The normalized spacial score (nSPS) is 8.44. The predicted molar refractivity (Wildman–Crippen MR) is 28.4 cm³/mol. The van der Waals surface area contributed by atoms with Crippen molar-refractivity contribution < 1.29 is 9.53 Å². The van der Waals surface area contributed by atoms with Gasteiger partial charge in [0.25, 0.3) is 0 Å². The first kappa shape index (κ1) is 5.68. The van der Waals surface area contributed by atoms with Crippen LogP contribution in [0.4, 0.5) is 0 Å². The van der Waals surface area contributed by atoms with Gasteiger partial charge in [-0.2, -0.15) is 5.10 Å². The number of rotatable bonds is 2. The first-order valence-corrected chi connectivity index (χ1v) is 2.25. The van der Waals surface area contributed by atoms with Gasteiger partial charge in [0.1, 0.15) is 0 Å². The molecule has 0 aliphatic rings. The van der Waals surface area contributed by atoms with Gasteiger partial charge in [-0.1, -0.05) is 0 Å². The average Bonchev–Trinajstić information content (AvgIpc) is 1.91. The first-order valence-electron chi connectivity index (χ1n) is 2.25. The molecule has 0 N–H and O–H groups in total. The minimum absolute atomic E-state index is 0.160. The zero-order valence-corrected chi connectivity index (χ0v) is 4.44. The second-order valence-electron chi connectivity index (χ2n) is 1.25. The third-order valence-electron chi connectivity index (χ3n) is 0.694. The molecule has 0 aliphatic carbocycles. The lowest BCUT2D eigenvalue weighted by Gasteiger charge is -1.88. The summed E-state index contributed by atoms with van der Waals surface area (Å²) >= 11 is 0. The van der Waals surface area contributed by atoms with E-state index in [1.165, 1.54) is 18.7 Å². The Morgan fingerprint density at radius 3 is 3.11 bits per heavy atom. The van der Waals surface area contributed by atoms with Crippen molar-refractivity contribution in [1.82, 2.24) is 10.2 Å². The summed E-state index contributed by atoms with van der Waals surface area (Å²) in [5.74, 6) is 0.160. The summed E-state index contributed by atoms with van der Waals surface area (Å²) in [6.07, 6.45) is 1.48. The van der Waals surface area contributed by atoms with Crippen LogP contribution in [0.25, 0.3) is 0 Å². The molecule has 45 valence electrons. The molecule has 0 saturated heterocycles. The first-order chi connectivity index (χ1) is 4.43. The molecule has 0 saturated carbocycles. The molecule has 1 radical (unpaired) electrons. The summed E-state index contributed by atoms with van der Waals surface area (Å²) in [6, 6.07) is 3.12. The molecule has 1 aromatic rings. The highest BCUT2D eigenvalue weighted by molar-refractivity contribution is 5.43. The number of hydrogen-bond acceptors (Lipinski definition) is 4. The molecule has 0 fully saturated rings. The van der Waals surface area contributed by atoms with Crippen molar-refractivity contribution in [2.75, 3.05) is 0 Å². The summed E-state index contributed by atoms with van der Waals surface area (Å²) < 4.78 is 4.23. The number of hydrogen-bond donors (Lipinski definition) is 0. The SMILES string of the molecule is O=[C]Oc1cccnn1. The number of nitrogens with zero attached hydrogens (tertiary/aromatic N) is 2. The zero-order chi connectivity index (χ0) is 6.53. The van der Waals surface area contributed by atoms with Crippen molar-refractivity contribution >= 4 is 6.47 Å². The molecule has 0 aromatic carbocycles. The monoisotopic (exact) mass is 123 g/mol. The molecule has 0 unspecified atom stereocenters. The summed E-state index contributed by atoms with van der Waals surface area (Å²) in [5, 5.41) is 6.88. The lowest BCUT2D eigenvalue weighted by Crippen LogP contribution is -1.91. The third kappa shape index (κ3) is 1.49. The van der Waals surface area contributed by atoms with Gasteiger partial charge < -0.3 is 4.74 Å². The Labute approximate surface area is 51.5 Å². The van der Waals surface area contributed by atoms with Crippen molar-refractivity contribution in [3.05, 3.63) is 18.3 Å². The molecule has 0 spiro atoms. The highest BCUT2D eigenvalue weighted by atomic mass is 16.5. The second kappa shape index (κ2) is 2.76. The van der Waals surface area contributed by atoms with E-state index in [4.69, 9.17) is 0 Å². The van der Waals surface area contributed by atoms with E-state index in [0.717, 1.165) is 0 Å². The van der Waals surface area contributed by atoms with Crippen LogP contribution in [0, 0.1) is 0 Å². The molecule has 1 aromatic heterocycles.